The first-order chi connectivity index (χ1) is 16.5. The van der Waals surface area contributed by atoms with Gasteiger partial charge in [0.15, 0.2) is 5.60 Å². The molecule has 36 heavy (non-hydrogen) atoms. The fraction of sp³-hybridized carbons (Fsp3) is 0.440. The van der Waals surface area contributed by atoms with Crippen LogP contribution in [0.15, 0.2) is 45.8 Å². The summed E-state index contributed by atoms with van der Waals surface area (Å²) in [7, 11) is -1.05. The molecule has 0 spiro atoms. The lowest BCUT2D eigenvalue weighted by Gasteiger charge is -2.38. The van der Waals surface area contributed by atoms with Crippen LogP contribution in [-0.2, 0) is 28.3 Å². The maximum Gasteiger partial charge on any atom is 0.417 e. The van der Waals surface area contributed by atoms with Crippen molar-refractivity contribution < 1.29 is 31.4 Å². The highest BCUT2D eigenvalue weighted by Crippen LogP contribution is 2.47. The van der Waals surface area contributed by atoms with Gasteiger partial charge in [-0.05, 0) is 53.8 Å². The second-order valence-electron chi connectivity index (χ2n) is 10.1. The van der Waals surface area contributed by atoms with Crippen LogP contribution in [0.3, 0.4) is 0 Å². The minimum atomic E-state index is -4.94. The fourth-order valence-electron chi connectivity index (χ4n) is 4.80. The Labute approximate surface area is 216 Å². The third kappa shape index (κ3) is 4.90. The van der Waals surface area contributed by atoms with Gasteiger partial charge in [0.2, 0.25) is 10.0 Å². The molecule has 2 heterocycles. The third-order valence-corrected chi connectivity index (χ3v) is 8.93. The standard InChI is InChI=1S/C25H28BrF3N2O4S/c1-23(2,20-12-19(36(33,34)31(3)4)11-15-7-8-35-22(15)20)14-24(32,25(27,28)29)13-18-10-16-9-17(26)5-6-21(16)30-18/h5-6,9-12,30,32H,7-8,13-14H2,1-4H3. The van der Waals surface area contributed by atoms with Crippen LogP contribution in [0.25, 0.3) is 10.9 Å². The SMILES string of the molecule is CN(C)S(=O)(=O)c1cc2c(c(C(C)(C)CC(O)(Cc3cc4cc(Br)ccc4[nH]3)C(F)(F)F)c1)OCC2. The Bertz CT molecular complexity index is 1420. The zero-order valence-corrected chi connectivity index (χ0v) is 22.7. The summed E-state index contributed by atoms with van der Waals surface area (Å²) in [6, 6.07) is 9.78. The van der Waals surface area contributed by atoms with Gasteiger partial charge in [0, 0.05) is 53.6 Å². The predicted molar refractivity (Wildman–Crippen MR) is 135 cm³/mol. The van der Waals surface area contributed by atoms with Crippen LogP contribution in [0, 0.1) is 0 Å². The summed E-state index contributed by atoms with van der Waals surface area (Å²) in [5, 5.41) is 11.8. The molecule has 1 aromatic heterocycles. The highest BCUT2D eigenvalue weighted by molar-refractivity contribution is 9.10. The lowest BCUT2D eigenvalue weighted by molar-refractivity contribution is -0.266. The molecule has 0 saturated heterocycles. The molecule has 0 radical (unpaired) electrons. The molecule has 0 saturated carbocycles. The molecule has 0 amide bonds. The summed E-state index contributed by atoms with van der Waals surface area (Å²) in [6.07, 6.45) is -5.89. The molecule has 11 heteroatoms. The van der Waals surface area contributed by atoms with Crippen molar-refractivity contribution >= 4 is 36.9 Å². The Morgan fingerprint density at radius 3 is 2.47 bits per heavy atom. The van der Waals surface area contributed by atoms with Gasteiger partial charge in [-0.1, -0.05) is 29.8 Å². The zero-order chi connectivity index (χ0) is 26.7. The monoisotopic (exact) mass is 588 g/mol. The van der Waals surface area contributed by atoms with Crippen molar-refractivity contribution in [3.8, 4) is 5.75 Å². The van der Waals surface area contributed by atoms with E-state index in [2.05, 4.69) is 20.9 Å². The number of rotatable bonds is 7. The van der Waals surface area contributed by atoms with E-state index in [0.29, 0.717) is 35.4 Å². The molecule has 1 atom stereocenters. The zero-order valence-electron chi connectivity index (χ0n) is 20.3. The van der Waals surface area contributed by atoms with Gasteiger partial charge in [-0.15, -0.1) is 0 Å². The number of hydrogen-bond acceptors (Lipinski definition) is 4. The number of aliphatic hydroxyl groups is 1. The molecule has 0 bridgehead atoms. The normalized spacial score (nSPS) is 16.3. The first kappa shape index (κ1) is 27.0. The number of hydrogen-bond donors (Lipinski definition) is 2. The van der Waals surface area contributed by atoms with Crippen LogP contribution >= 0.6 is 15.9 Å². The highest BCUT2D eigenvalue weighted by atomic mass is 79.9. The number of H-pyrrole nitrogens is 1. The Morgan fingerprint density at radius 2 is 1.83 bits per heavy atom. The number of halogens is 4. The van der Waals surface area contributed by atoms with E-state index < -0.39 is 40.1 Å². The van der Waals surface area contributed by atoms with Crippen molar-refractivity contribution in [3.63, 3.8) is 0 Å². The van der Waals surface area contributed by atoms with E-state index >= 15 is 0 Å². The van der Waals surface area contributed by atoms with E-state index in [0.717, 1.165) is 14.2 Å². The molecule has 3 aromatic rings. The number of alkyl halides is 3. The topological polar surface area (TPSA) is 82.6 Å². The van der Waals surface area contributed by atoms with E-state index in [1.165, 1.54) is 26.2 Å². The summed E-state index contributed by atoms with van der Waals surface area (Å²) in [4.78, 5) is 2.95. The fourth-order valence-corrected chi connectivity index (χ4v) is 6.16. The van der Waals surface area contributed by atoms with E-state index in [9.17, 15) is 26.7 Å². The van der Waals surface area contributed by atoms with Crippen molar-refractivity contribution in [1.82, 2.24) is 9.29 Å². The quantitative estimate of drug-likeness (QED) is 0.391. The van der Waals surface area contributed by atoms with Crippen LogP contribution in [0.2, 0.25) is 0 Å². The van der Waals surface area contributed by atoms with Crippen molar-refractivity contribution in [2.75, 3.05) is 20.7 Å². The second kappa shape index (κ2) is 9.04. The lowest BCUT2D eigenvalue weighted by Crippen LogP contribution is -2.51. The van der Waals surface area contributed by atoms with E-state index in [1.807, 2.05) is 0 Å². The number of nitrogens with zero attached hydrogens (tertiary/aromatic N) is 1. The molecule has 2 aromatic carbocycles. The van der Waals surface area contributed by atoms with Crippen LogP contribution in [0.4, 0.5) is 13.2 Å². The van der Waals surface area contributed by atoms with Gasteiger partial charge in [-0.2, -0.15) is 13.2 Å². The summed E-state index contributed by atoms with van der Waals surface area (Å²) in [6.45, 7) is 3.43. The first-order valence-corrected chi connectivity index (χ1v) is 13.6. The smallest absolute Gasteiger partial charge is 0.417 e. The van der Waals surface area contributed by atoms with Crippen molar-refractivity contribution in [2.45, 2.75) is 55.2 Å². The Balaban J connectivity index is 1.76. The maximum atomic E-state index is 14.4. The number of fused-ring (bicyclic) bond motifs is 2. The van der Waals surface area contributed by atoms with E-state index in [-0.39, 0.29) is 10.6 Å². The molecule has 2 N–H and O–H groups in total. The van der Waals surface area contributed by atoms with Crippen LogP contribution < -0.4 is 4.74 Å². The van der Waals surface area contributed by atoms with Crippen LogP contribution in [0.5, 0.6) is 5.75 Å². The minimum Gasteiger partial charge on any atom is -0.493 e. The van der Waals surface area contributed by atoms with Gasteiger partial charge in [0.05, 0.1) is 11.5 Å². The largest absolute Gasteiger partial charge is 0.493 e. The number of nitrogens with one attached hydrogen (secondary N) is 1. The van der Waals surface area contributed by atoms with E-state index in [4.69, 9.17) is 4.74 Å². The minimum absolute atomic E-state index is 0.0171. The lowest BCUT2D eigenvalue weighted by atomic mass is 9.73. The molecule has 0 fully saturated rings. The number of benzene rings is 2. The third-order valence-electron chi connectivity index (χ3n) is 6.65. The van der Waals surface area contributed by atoms with Crippen LogP contribution in [-0.4, -0.2) is 55.3 Å². The van der Waals surface area contributed by atoms with Gasteiger partial charge < -0.3 is 14.8 Å². The molecular formula is C25H28BrF3N2O4S. The molecule has 1 aliphatic rings. The molecule has 1 aliphatic heterocycles. The predicted octanol–water partition coefficient (Wildman–Crippen LogP) is 5.32. The molecular weight excluding hydrogens is 561 g/mol. The van der Waals surface area contributed by atoms with Crippen molar-refractivity contribution in [1.29, 1.82) is 0 Å². The van der Waals surface area contributed by atoms with Gasteiger partial charge in [-0.25, -0.2) is 12.7 Å². The molecule has 196 valence electrons. The molecule has 1 unspecified atom stereocenters. The van der Waals surface area contributed by atoms with Gasteiger partial charge in [0.25, 0.3) is 0 Å². The van der Waals surface area contributed by atoms with Crippen molar-refractivity contribution in [2.24, 2.45) is 0 Å². The highest BCUT2D eigenvalue weighted by Gasteiger charge is 2.56. The number of ether oxygens (including phenoxy) is 1. The summed E-state index contributed by atoms with van der Waals surface area (Å²) >= 11 is 3.35. The molecule has 4 rings (SSSR count). The average Bonchev–Trinajstić information content (AvgIpc) is 3.37. The number of aromatic nitrogens is 1. The second-order valence-corrected chi connectivity index (χ2v) is 13.2. The maximum absolute atomic E-state index is 14.4. The Hall–Kier alpha value is -2.08. The van der Waals surface area contributed by atoms with Gasteiger partial charge in [-0.3, -0.25) is 0 Å². The summed E-state index contributed by atoms with van der Waals surface area (Å²) in [5.41, 5.74) is -2.53. The Morgan fingerprint density at radius 1 is 1.14 bits per heavy atom. The van der Waals surface area contributed by atoms with Gasteiger partial charge >= 0.3 is 6.18 Å². The summed E-state index contributed by atoms with van der Waals surface area (Å²) in [5.74, 6) is 0.387. The number of sulfonamides is 1. The summed E-state index contributed by atoms with van der Waals surface area (Å²) < 4.78 is 76.5. The van der Waals surface area contributed by atoms with E-state index in [1.54, 1.807) is 38.1 Å². The Kier molecular flexibility index (Phi) is 6.77. The van der Waals surface area contributed by atoms with Crippen molar-refractivity contribution in [3.05, 3.63) is 57.7 Å². The molecule has 0 aliphatic carbocycles. The van der Waals surface area contributed by atoms with Gasteiger partial charge in [0.1, 0.15) is 5.75 Å². The first-order valence-electron chi connectivity index (χ1n) is 11.3. The van der Waals surface area contributed by atoms with Crippen LogP contribution in [0.1, 0.15) is 37.1 Å². The molecule has 6 nitrogen and oxygen atoms in total. The average molecular weight is 589 g/mol. The number of aromatic amines is 1.